The van der Waals surface area contributed by atoms with Crippen molar-refractivity contribution in [3.8, 4) is 78.8 Å². The van der Waals surface area contributed by atoms with E-state index in [-0.39, 0.29) is 0 Å². The number of rotatable bonds is 5. The standard InChI is InChI=1S/C44H28N2O/c1-3-11-29(12-4-1)32-17-7-19-35(25-32)39-28-40(46-44(45-39)31-13-5-2-6-14-31)36-20-8-18-33(26-36)34-23-24-41-38(27-34)37-21-9-15-30-16-10-22-42(47-41)43(30)37/h1-28H. The molecule has 0 saturated carbocycles. The number of benzene rings is 7. The third-order valence-electron chi connectivity index (χ3n) is 8.87. The van der Waals surface area contributed by atoms with Gasteiger partial charge in [-0.25, -0.2) is 9.97 Å². The van der Waals surface area contributed by atoms with Crippen molar-refractivity contribution >= 4 is 10.8 Å². The molecular weight excluding hydrogens is 572 g/mol. The zero-order valence-electron chi connectivity index (χ0n) is 25.5. The molecule has 0 saturated heterocycles. The van der Waals surface area contributed by atoms with Gasteiger partial charge in [0.05, 0.1) is 11.4 Å². The lowest BCUT2D eigenvalue weighted by Gasteiger charge is -2.22. The van der Waals surface area contributed by atoms with Gasteiger partial charge in [0, 0.05) is 27.6 Å². The first-order chi connectivity index (χ1) is 23.3. The molecule has 3 nitrogen and oxygen atoms in total. The Kier molecular flexibility index (Phi) is 6.46. The Morgan fingerprint density at radius 1 is 0.340 bits per heavy atom. The van der Waals surface area contributed by atoms with Crippen LogP contribution in [-0.2, 0) is 0 Å². The Bertz CT molecular complexity index is 2430. The van der Waals surface area contributed by atoms with Crippen LogP contribution in [0.5, 0.6) is 11.5 Å². The molecule has 0 bridgehead atoms. The van der Waals surface area contributed by atoms with E-state index in [0.717, 1.165) is 67.2 Å². The summed E-state index contributed by atoms with van der Waals surface area (Å²) in [5.41, 5.74) is 11.7. The number of nitrogens with zero attached hydrogens (tertiary/aromatic N) is 2. The van der Waals surface area contributed by atoms with Crippen molar-refractivity contribution in [1.29, 1.82) is 0 Å². The normalized spacial score (nSPS) is 11.6. The minimum atomic E-state index is 0.700. The summed E-state index contributed by atoms with van der Waals surface area (Å²) in [4.78, 5) is 10.2. The monoisotopic (exact) mass is 600 g/mol. The second-order valence-corrected chi connectivity index (χ2v) is 11.8. The van der Waals surface area contributed by atoms with Crippen LogP contribution in [0.2, 0.25) is 0 Å². The molecule has 0 atom stereocenters. The minimum Gasteiger partial charge on any atom is -0.456 e. The fourth-order valence-corrected chi connectivity index (χ4v) is 6.55. The lowest BCUT2D eigenvalue weighted by atomic mass is 9.92. The van der Waals surface area contributed by atoms with E-state index in [1.807, 2.05) is 36.4 Å². The van der Waals surface area contributed by atoms with E-state index >= 15 is 0 Å². The van der Waals surface area contributed by atoms with Crippen molar-refractivity contribution in [3.05, 3.63) is 170 Å². The van der Waals surface area contributed by atoms with Crippen LogP contribution in [0.4, 0.5) is 0 Å². The predicted octanol–water partition coefficient (Wildman–Crippen LogP) is 11.7. The van der Waals surface area contributed by atoms with Gasteiger partial charge in [-0.15, -0.1) is 0 Å². The third kappa shape index (κ3) is 4.95. The average molecular weight is 601 g/mol. The van der Waals surface area contributed by atoms with Crippen LogP contribution in [0, 0.1) is 0 Å². The largest absolute Gasteiger partial charge is 0.456 e. The van der Waals surface area contributed by atoms with Crippen LogP contribution in [0.1, 0.15) is 0 Å². The summed E-state index contributed by atoms with van der Waals surface area (Å²) in [6.07, 6.45) is 0. The Labute approximate surface area is 273 Å². The van der Waals surface area contributed by atoms with Crippen molar-refractivity contribution in [3.63, 3.8) is 0 Å². The second-order valence-electron chi connectivity index (χ2n) is 11.8. The van der Waals surface area contributed by atoms with Gasteiger partial charge in [0.1, 0.15) is 11.5 Å². The molecule has 9 rings (SSSR count). The Morgan fingerprint density at radius 2 is 0.894 bits per heavy atom. The SMILES string of the molecule is c1ccc(-c2cccc(-c3cc(-c4cccc(-c5ccc6c(c5)-c5cccc7cccc(c57)O6)c4)nc(-c4ccccc4)n3)c2)cc1. The van der Waals surface area contributed by atoms with E-state index in [4.69, 9.17) is 14.7 Å². The quantitative estimate of drug-likeness (QED) is 0.197. The molecule has 0 aliphatic carbocycles. The smallest absolute Gasteiger partial charge is 0.160 e. The van der Waals surface area contributed by atoms with E-state index in [9.17, 15) is 0 Å². The number of aromatic nitrogens is 2. The number of fused-ring (bicyclic) bond motifs is 2. The molecule has 0 fully saturated rings. The highest BCUT2D eigenvalue weighted by molar-refractivity contribution is 6.04. The van der Waals surface area contributed by atoms with Crippen LogP contribution in [0.15, 0.2) is 170 Å². The maximum atomic E-state index is 6.36. The summed E-state index contributed by atoms with van der Waals surface area (Å²) in [6, 6.07) is 59.1. The Morgan fingerprint density at radius 3 is 1.60 bits per heavy atom. The van der Waals surface area contributed by atoms with Gasteiger partial charge < -0.3 is 4.74 Å². The zero-order valence-corrected chi connectivity index (χ0v) is 25.5. The molecule has 220 valence electrons. The minimum absolute atomic E-state index is 0.700. The first-order valence-electron chi connectivity index (χ1n) is 15.8. The molecule has 0 spiro atoms. The first-order valence-corrected chi connectivity index (χ1v) is 15.8. The summed E-state index contributed by atoms with van der Waals surface area (Å²) in [5, 5.41) is 2.34. The van der Waals surface area contributed by atoms with Crippen molar-refractivity contribution in [2.24, 2.45) is 0 Å². The number of hydrogen-bond donors (Lipinski definition) is 0. The summed E-state index contributed by atoms with van der Waals surface area (Å²) in [7, 11) is 0. The van der Waals surface area contributed by atoms with Gasteiger partial charge in [0.25, 0.3) is 0 Å². The lowest BCUT2D eigenvalue weighted by Crippen LogP contribution is -1.97. The Balaban J connectivity index is 1.15. The average Bonchev–Trinajstić information content (AvgIpc) is 3.15. The summed E-state index contributed by atoms with van der Waals surface area (Å²) in [6.45, 7) is 0. The molecule has 0 radical (unpaired) electrons. The fraction of sp³-hybridized carbons (Fsp3) is 0. The first kappa shape index (κ1) is 27.0. The maximum absolute atomic E-state index is 6.36. The molecule has 0 amide bonds. The van der Waals surface area contributed by atoms with Crippen LogP contribution in [0.25, 0.3) is 78.1 Å². The van der Waals surface area contributed by atoms with Crippen LogP contribution >= 0.6 is 0 Å². The highest BCUT2D eigenvalue weighted by atomic mass is 16.5. The summed E-state index contributed by atoms with van der Waals surface area (Å²) >= 11 is 0. The van der Waals surface area contributed by atoms with Gasteiger partial charge >= 0.3 is 0 Å². The zero-order chi connectivity index (χ0) is 31.2. The molecule has 1 aliphatic rings. The van der Waals surface area contributed by atoms with Gasteiger partial charge in [-0.2, -0.15) is 0 Å². The molecule has 1 aromatic heterocycles. The Hall–Kier alpha value is -6.32. The van der Waals surface area contributed by atoms with Gasteiger partial charge in [0.15, 0.2) is 5.82 Å². The van der Waals surface area contributed by atoms with Crippen molar-refractivity contribution < 1.29 is 4.74 Å². The molecular formula is C44H28N2O. The molecule has 2 heterocycles. The molecule has 0 unspecified atom stereocenters. The molecule has 8 aromatic rings. The van der Waals surface area contributed by atoms with Gasteiger partial charge in [0.2, 0.25) is 0 Å². The second kappa shape index (κ2) is 11.2. The van der Waals surface area contributed by atoms with E-state index < -0.39 is 0 Å². The predicted molar refractivity (Wildman–Crippen MR) is 192 cm³/mol. The topological polar surface area (TPSA) is 35.0 Å². The lowest BCUT2D eigenvalue weighted by molar-refractivity contribution is 0.487. The van der Waals surface area contributed by atoms with E-state index in [0.29, 0.717) is 5.82 Å². The molecule has 47 heavy (non-hydrogen) atoms. The fourth-order valence-electron chi connectivity index (χ4n) is 6.55. The van der Waals surface area contributed by atoms with Gasteiger partial charge in [-0.1, -0.05) is 133 Å². The van der Waals surface area contributed by atoms with Crippen LogP contribution < -0.4 is 4.74 Å². The van der Waals surface area contributed by atoms with Crippen LogP contribution in [0.3, 0.4) is 0 Å². The molecule has 7 aromatic carbocycles. The van der Waals surface area contributed by atoms with E-state index in [2.05, 4.69) is 133 Å². The van der Waals surface area contributed by atoms with E-state index in [1.165, 1.54) is 16.5 Å². The third-order valence-corrected chi connectivity index (χ3v) is 8.87. The van der Waals surface area contributed by atoms with Gasteiger partial charge in [-0.3, -0.25) is 0 Å². The van der Waals surface area contributed by atoms with Crippen molar-refractivity contribution in [1.82, 2.24) is 9.97 Å². The number of ether oxygens (including phenoxy) is 1. The molecule has 3 heteroatoms. The highest BCUT2D eigenvalue weighted by Crippen LogP contribution is 2.47. The summed E-state index contributed by atoms with van der Waals surface area (Å²) in [5.74, 6) is 2.48. The molecule has 0 N–H and O–H groups in total. The van der Waals surface area contributed by atoms with Crippen molar-refractivity contribution in [2.75, 3.05) is 0 Å². The van der Waals surface area contributed by atoms with Crippen LogP contribution in [-0.4, -0.2) is 9.97 Å². The highest BCUT2D eigenvalue weighted by Gasteiger charge is 2.20. The maximum Gasteiger partial charge on any atom is 0.160 e. The molecule has 1 aliphatic heterocycles. The number of hydrogen-bond acceptors (Lipinski definition) is 3. The van der Waals surface area contributed by atoms with Crippen molar-refractivity contribution in [2.45, 2.75) is 0 Å². The van der Waals surface area contributed by atoms with E-state index in [1.54, 1.807) is 0 Å². The summed E-state index contributed by atoms with van der Waals surface area (Å²) < 4.78 is 6.36. The van der Waals surface area contributed by atoms with Gasteiger partial charge in [-0.05, 0) is 69.6 Å².